The fourth-order valence-corrected chi connectivity index (χ4v) is 3.04. The van der Waals surface area contributed by atoms with E-state index < -0.39 is 5.60 Å². The molecule has 1 amide bonds. The second-order valence-electron chi connectivity index (χ2n) is 5.88. The number of pyridine rings is 1. The van der Waals surface area contributed by atoms with Crippen molar-refractivity contribution in [2.45, 2.75) is 33.3 Å². The maximum absolute atomic E-state index is 12.4. The molecule has 0 atom stereocenters. The largest absolute Gasteiger partial charge is 0.443 e. The van der Waals surface area contributed by atoms with E-state index in [0.29, 0.717) is 6.54 Å². The third-order valence-corrected chi connectivity index (χ3v) is 4.09. The predicted molar refractivity (Wildman–Crippen MR) is 92.8 cm³/mol. The molecule has 0 N–H and O–H groups in total. The van der Waals surface area contributed by atoms with Crippen molar-refractivity contribution in [2.75, 3.05) is 11.4 Å². The Balaban J connectivity index is 2.31. The van der Waals surface area contributed by atoms with Crippen molar-refractivity contribution in [3.63, 3.8) is 0 Å². The number of hydrogen-bond donors (Lipinski definition) is 0. The average molecular weight is 317 g/mol. The van der Waals surface area contributed by atoms with Crippen LogP contribution in [-0.4, -0.2) is 36.1 Å². The molecule has 7 heteroatoms. The number of carbonyl (C=O) groups excluding carboxylic acids is 1. The monoisotopic (exact) mass is 317 g/mol. The number of nitrogens with zero attached hydrogens (tertiary/aromatic N) is 3. The first-order valence-electron chi connectivity index (χ1n) is 7.20. The van der Waals surface area contributed by atoms with Gasteiger partial charge in [-0.1, -0.05) is 11.3 Å². The zero-order chi connectivity index (χ0) is 16.3. The van der Waals surface area contributed by atoms with Crippen LogP contribution in [0.1, 0.15) is 27.7 Å². The summed E-state index contributed by atoms with van der Waals surface area (Å²) >= 11 is 1.47. The van der Waals surface area contributed by atoms with Crippen molar-refractivity contribution in [3.8, 4) is 10.6 Å². The smallest absolute Gasteiger partial charge is 0.415 e. The summed E-state index contributed by atoms with van der Waals surface area (Å²) in [5, 5.41) is 1.67. The Labute approximate surface area is 135 Å². The molecule has 0 fully saturated rings. The van der Waals surface area contributed by atoms with Crippen LogP contribution in [0.4, 0.5) is 9.80 Å². The van der Waals surface area contributed by atoms with E-state index in [1.807, 2.05) is 47.7 Å². The minimum absolute atomic E-state index is 0.348. The number of amides is 1. The lowest BCUT2D eigenvalue weighted by atomic mass is 10.1. The zero-order valence-electron chi connectivity index (χ0n) is 13.6. The summed E-state index contributed by atoms with van der Waals surface area (Å²) in [5.41, 5.74) is 1.24. The highest BCUT2D eigenvalue weighted by Crippen LogP contribution is 2.29. The van der Waals surface area contributed by atoms with Crippen molar-refractivity contribution in [3.05, 3.63) is 24.5 Å². The van der Waals surface area contributed by atoms with Gasteiger partial charge in [0, 0.05) is 30.1 Å². The van der Waals surface area contributed by atoms with Gasteiger partial charge in [-0.2, -0.15) is 0 Å². The van der Waals surface area contributed by atoms with Gasteiger partial charge in [0.15, 0.2) is 7.85 Å². The van der Waals surface area contributed by atoms with Crippen LogP contribution in [0.5, 0.6) is 0 Å². The van der Waals surface area contributed by atoms with Gasteiger partial charge < -0.3 is 4.74 Å². The summed E-state index contributed by atoms with van der Waals surface area (Å²) in [6, 6.07) is 3.83. The second-order valence-corrected chi connectivity index (χ2v) is 6.85. The molecule has 2 heterocycles. The topological polar surface area (TPSA) is 55.3 Å². The Bertz CT molecular complexity index is 653. The summed E-state index contributed by atoms with van der Waals surface area (Å²) in [6.45, 7) is 8.04. The van der Waals surface area contributed by atoms with E-state index in [9.17, 15) is 4.79 Å². The first-order chi connectivity index (χ1) is 10.3. The number of ether oxygens (including phenoxy) is 1. The molecule has 0 radical (unpaired) electrons. The van der Waals surface area contributed by atoms with Gasteiger partial charge in [0.05, 0.1) is 0 Å². The molecule has 22 heavy (non-hydrogen) atoms. The third kappa shape index (κ3) is 3.85. The molecular formula is C15H20BN3O2S. The van der Waals surface area contributed by atoms with Crippen LogP contribution in [0, 0.1) is 0 Å². The molecule has 116 valence electrons. The lowest BCUT2D eigenvalue weighted by Crippen LogP contribution is -2.38. The van der Waals surface area contributed by atoms with Crippen LogP contribution in [0.15, 0.2) is 24.5 Å². The lowest BCUT2D eigenvalue weighted by Gasteiger charge is -2.25. The molecule has 0 aliphatic heterocycles. The third-order valence-electron chi connectivity index (χ3n) is 2.86. The number of aromatic nitrogens is 2. The van der Waals surface area contributed by atoms with Crippen molar-refractivity contribution in [1.82, 2.24) is 9.97 Å². The van der Waals surface area contributed by atoms with E-state index >= 15 is 0 Å². The highest BCUT2D eigenvalue weighted by Gasteiger charge is 2.25. The molecule has 0 spiro atoms. The molecule has 0 saturated carbocycles. The molecule has 0 bridgehead atoms. The van der Waals surface area contributed by atoms with Crippen LogP contribution in [0.3, 0.4) is 0 Å². The van der Waals surface area contributed by atoms with Crippen LogP contribution in [-0.2, 0) is 4.74 Å². The van der Waals surface area contributed by atoms with Gasteiger partial charge in [0.2, 0.25) is 0 Å². The van der Waals surface area contributed by atoms with E-state index in [1.165, 1.54) is 11.3 Å². The summed E-state index contributed by atoms with van der Waals surface area (Å²) in [6.07, 6.45) is 3.15. The number of rotatable bonds is 3. The van der Waals surface area contributed by atoms with E-state index in [0.717, 1.165) is 21.2 Å². The molecule has 2 rings (SSSR count). The Morgan fingerprint density at radius 1 is 1.45 bits per heavy atom. The molecule has 0 aromatic carbocycles. The molecule has 5 nitrogen and oxygen atoms in total. The fraction of sp³-hybridized carbons (Fsp3) is 0.400. The van der Waals surface area contributed by atoms with Gasteiger partial charge >= 0.3 is 6.09 Å². The SMILES string of the molecule is Bc1nc(-c2cccnc2)sc1N(CC)C(=O)OC(C)(C)C. The summed E-state index contributed by atoms with van der Waals surface area (Å²) in [5.74, 6) is 0. The Morgan fingerprint density at radius 3 is 2.73 bits per heavy atom. The maximum atomic E-state index is 12.4. The highest BCUT2D eigenvalue weighted by atomic mass is 32.1. The van der Waals surface area contributed by atoms with Gasteiger partial charge in [-0.15, -0.1) is 0 Å². The van der Waals surface area contributed by atoms with E-state index in [2.05, 4.69) is 9.97 Å². The highest BCUT2D eigenvalue weighted by molar-refractivity contribution is 7.20. The number of carbonyl (C=O) groups is 1. The van der Waals surface area contributed by atoms with Gasteiger partial charge in [-0.05, 0) is 39.8 Å². The minimum atomic E-state index is -0.519. The van der Waals surface area contributed by atoms with Gasteiger partial charge in [-0.25, -0.2) is 9.78 Å². The Hall–Kier alpha value is -1.89. The quantitative estimate of drug-likeness (QED) is 0.815. The van der Waals surface area contributed by atoms with Crippen LogP contribution in [0.2, 0.25) is 0 Å². The Morgan fingerprint density at radius 2 is 2.18 bits per heavy atom. The van der Waals surface area contributed by atoms with Crippen molar-refractivity contribution in [2.24, 2.45) is 0 Å². The van der Waals surface area contributed by atoms with Crippen LogP contribution >= 0.6 is 11.3 Å². The van der Waals surface area contributed by atoms with E-state index in [4.69, 9.17) is 4.74 Å². The minimum Gasteiger partial charge on any atom is -0.443 e. The molecule has 0 unspecified atom stereocenters. The second kappa shape index (κ2) is 6.48. The average Bonchev–Trinajstić information content (AvgIpc) is 2.81. The Kier molecular flexibility index (Phi) is 4.85. The van der Waals surface area contributed by atoms with Gasteiger partial charge in [0.1, 0.15) is 15.6 Å². The van der Waals surface area contributed by atoms with Crippen molar-refractivity contribution < 1.29 is 9.53 Å². The van der Waals surface area contributed by atoms with Crippen LogP contribution < -0.4 is 10.5 Å². The normalized spacial score (nSPS) is 11.3. The molecule has 0 aliphatic carbocycles. The summed E-state index contributed by atoms with van der Waals surface area (Å²) in [7, 11) is 1.90. The first kappa shape index (κ1) is 16.5. The fourth-order valence-electron chi connectivity index (χ4n) is 1.92. The van der Waals surface area contributed by atoms with Gasteiger partial charge in [-0.3, -0.25) is 9.88 Å². The molecule has 0 aliphatic rings. The van der Waals surface area contributed by atoms with Gasteiger partial charge in [0.25, 0.3) is 0 Å². The maximum Gasteiger partial charge on any atom is 0.415 e. The number of anilines is 1. The van der Waals surface area contributed by atoms with Crippen LogP contribution in [0.25, 0.3) is 10.6 Å². The predicted octanol–water partition coefficient (Wildman–Crippen LogP) is 2.22. The van der Waals surface area contributed by atoms with E-state index in [1.54, 1.807) is 17.3 Å². The molecule has 2 aromatic rings. The van der Waals surface area contributed by atoms with Crippen molar-refractivity contribution >= 4 is 35.9 Å². The van der Waals surface area contributed by atoms with E-state index in [-0.39, 0.29) is 6.09 Å². The van der Waals surface area contributed by atoms with Crippen molar-refractivity contribution in [1.29, 1.82) is 0 Å². The lowest BCUT2D eigenvalue weighted by molar-refractivity contribution is 0.0583. The standard InChI is InChI=1S/C15H20BN3O2S/c1-5-19(14(20)21-15(2,3)4)13-11(16)18-12(22-13)10-7-6-8-17-9-10/h6-9H,5,16H2,1-4H3. The number of thiazole rings is 1. The molecule has 2 aromatic heterocycles. The summed E-state index contributed by atoms with van der Waals surface area (Å²) in [4.78, 5) is 22.6. The zero-order valence-corrected chi connectivity index (χ0v) is 14.4. The molecule has 0 saturated heterocycles. The first-order valence-corrected chi connectivity index (χ1v) is 8.02. The molecular weight excluding hydrogens is 297 g/mol. The number of hydrogen-bond acceptors (Lipinski definition) is 5. The summed E-state index contributed by atoms with van der Waals surface area (Å²) < 4.78 is 5.47.